The molecule has 0 aromatic heterocycles. The largest absolute Gasteiger partial charge is 0.507 e. The Kier molecular flexibility index (Phi) is 9.19. The Balaban J connectivity index is 2.20. The molecule has 1 atom stereocenters. The first-order chi connectivity index (χ1) is 17.4. The van der Waals surface area contributed by atoms with E-state index in [1.165, 1.54) is 26.2 Å². The number of amides is 1. The van der Waals surface area contributed by atoms with Crippen molar-refractivity contribution < 1.29 is 38.4 Å². The van der Waals surface area contributed by atoms with E-state index in [1.807, 2.05) is 6.92 Å². The predicted octanol–water partition coefficient (Wildman–Crippen LogP) is 3.96. The number of hydrogen-bond acceptors (Lipinski definition) is 8. The maximum absolute atomic E-state index is 13.3. The van der Waals surface area contributed by atoms with Crippen molar-refractivity contribution in [2.75, 3.05) is 48.2 Å². The second kappa shape index (κ2) is 12.3. The van der Waals surface area contributed by atoms with E-state index in [-0.39, 0.29) is 17.9 Å². The van der Waals surface area contributed by atoms with Gasteiger partial charge in [-0.2, -0.15) is 0 Å². The highest BCUT2D eigenvalue weighted by atomic mass is 16.5. The van der Waals surface area contributed by atoms with Gasteiger partial charge in [0.1, 0.15) is 11.5 Å². The minimum absolute atomic E-state index is 0.0284. The molecule has 3 rings (SSSR count). The first-order valence-corrected chi connectivity index (χ1v) is 11.7. The number of benzene rings is 2. The van der Waals surface area contributed by atoms with Crippen LogP contribution in [0.2, 0.25) is 0 Å². The van der Waals surface area contributed by atoms with Gasteiger partial charge in [0.2, 0.25) is 5.75 Å². The van der Waals surface area contributed by atoms with E-state index in [2.05, 4.69) is 0 Å². The summed E-state index contributed by atoms with van der Waals surface area (Å²) in [6.45, 7) is 3.16. The number of likely N-dealkylation sites (tertiary alicyclic amines) is 1. The number of aliphatic hydroxyl groups excluding tert-OH is 1. The fraction of sp³-hybridized carbons (Fsp3) is 0.407. The Morgan fingerprint density at radius 3 is 2.25 bits per heavy atom. The molecule has 9 heteroatoms. The number of rotatable bonds is 12. The Morgan fingerprint density at radius 1 is 0.972 bits per heavy atom. The van der Waals surface area contributed by atoms with Crippen molar-refractivity contribution in [3.05, 3.63) is 53.1 Å². The monoisotopic (exact) mass is 499 g/mol. The molecule has 2 aromatic rings. The number of hydrogen-bond donors (Lipinski definition) is 1. The van der Waals surface area contributed by atoms with Crippen molar-refractivity contribution in [2.24, 2.45) is 0 Å². The second-order valence-electron chi connectivity index (χ2n) is 8.17. The lowest BCUT2D eigenvalue weighted by molar-refractivity contribution is -0.140. The predicted molar refractivity (Wildman–Crippen MR) is 134 cm³/mol. The quantitative estimate of drug-likeness (QED) is 0.203. The van der Waals surface area contributed by atoms with Crippen LogP contribution >= 0.6 is 0 Å². The average molecular weight is 500 g/mol. The lowest BCUT2D eigenvalue weighted by Crippen LogP contribution is -2.31. The molecule has 36 heavy (non-hydrogen) atoms. The number of methoxy groups -OCH3 is 4. The Morgan fingerprint density at radius 2 is 1.67 bits per heavy atom. The molecule has 0 aliphatic carbocycles. The molecule has 0 spiro atoms. The van der Waals surface area contributed by atoms with Gasteiger partial charge in [0.05, 0.1) is 39.6 Å². The molecule has 0 saturated carbocycles. The van der Waals surface area contributed by atoms with Gasteiger partial charge in [0.15, 0.2) is 11.5 Å². The molecule has 1 unspecified atom stereocenters. The van der Waals surface area contributed by atoms with Crippen molar-refractivity contribution in [1.29, 1.82) is 0 Å². The summed E-state index contributed by atoms with van der Waals surface area (Å²) in [7, 11) is 6.03. The van der Waals surface area contributed by atoms with Gasteiger partial charge in [0, 0.05) is 25.8 Å². The summed E-state index contributed by atoms with van der Waals surface area (Å²) in [5, 5.41) is 11.3. The molecular formula is C27H33NO8. The van der Waals surface area contributed by atoms with E-state index < -0.39 is 17.7 Å². The Bertz CT molecular complexity index is 1100. The van der Waals surface area contributed by atoms with Crippen LogP contribution in [0.15, 0.2) is 42.0 Å². The summed E-state index contributed by atoms with van der Waals surface area (Å²) < 4.78 is 27.2. The lowest BCUT2D eigenvalue weighted by atomic mass is 9.94. The fourth-order valence-electron chi connectivity index (χ4n) is 4.20. The van der Waals surface area contributed by atoms with E-state index in [1.54, 1.807) is 43.5 Å². The molecule has 194 valence electrons. The number of ketones is 1. The number of aliphatic hydroxyl groups is 1. The topological polar surface area (TPSA) is 104 Å². The van der Waals surface area contributed by atoms with Gasteiger partial charge < -0.3 is 33.7 Å². The summed E-state index contributed by atoms with van der Waals surface area (Å²) in [5.74, 6) is -0.106. The summed E-state index contributed by atoms with van der Waals surface area (Å²) >= 11 is 0. The standard InChI is InChI=1S/C27H33NO8/c1-6-12-36-19-10-7-9-17(14-19)24(29)22-23(28(11-8-13-32-2)27(31)25(22)30)18-15-20(33-3)26(35-5)21(16-18)34-4/h7,9-10,14-16,23,29H,6,8,11-13H2,1-5H3/b24-22+. The maximum atomic E-state index is 13.3. The maximum Gasteiger partial charge on any atom is 0.295 e. The zero-order valence-corrected chi connectivity index (χ0v) is 21.3. The van der Waals surface area contributed by atoms with Gasteiger partial charge >= 0.3 is 0 Å². The molecule has 1 fully saturated rings. The van der Waals surface area contributed by atoms with Crippen LogP contribution in [0.25, 0.3) is 5.76 Å². The van der Waals surface area contributed by atoms with Crippen LogP contribution in [0.4, 0.5) is 0 Å². The van der Waals surface area contributed by atoms with E-state index >= 15 is 0 Å². The van der Waals surface area contributed by atoms with Crippen LogP contribution in [-0.4, -0.2) is 69.9 Å². The molecule has 1 saturated heterocycles. The van der Waals surface area contributed by atoms with Crippen LogP contribution in [0.3, 0.4) is 0 Å². The smallest absolute Gasteiger partial charge is 0.295 e. The van der Waals surface area contributed by atoms with Crippen molar-refractivity contribution in [3.8, 4) is 23.0 Å². The molecule has 1 aliphatic heterocycles. The highest BCUT2D eigenvalue weighted by Gasteiger charge is 2.46. The summed E-state index contributed by atoms with van der Waals surface area (Å²) in [6.07, 6.45) is 1.33. The van der Waals surface area contributed by atoms with Crippen LogP contribution in [0.5, 0.6) is 23.0 Å². The molecule has 9 nitrogen and oxygen atoms in total. The summed E-state index contributed by atoms with van der Waals surface area (Å²) in [4.78, 5) is 27.9. The first-order valence-electron chi connectivity index (χ1n) is 11.7. The number of Topliss-reactive ketones (excluding diaryl/α,β-unsaturated/α-hetero) is 1. The van der Waals surface area contributed by atoms with Crippen LogP contribution < -0.4 is 18.9 Å². The molecule has 2 aromatic carbocycles. The minimum atomic E-state index is -0.879. The van der Waals surface area contributed by atoms with Crippen LogP contribution in [-0.2, 0) is 14.3 Å². The second-order valence-corrected chi connectivity index (χ2v) is 8.17. The molecule has 0 bridgehead atoms. The lowest BCUT2D eigenvalue weighted by Gasteiger charge is -2.26. The third-order valence-corrected chi connectivity index (χ3v) is 5.87. The van der Waals surface area contributed by atoms with E-state index in [0.29, 0.717) is 53.8 Å². The zero-order chi connectivity index (χ0) is 26.2. The third-order valence-electron chi connectivity index (χ3n) is 5.87. The van der Waals surface area contributed by atoms with Gasteiger partial charge in [-0.1, -0.05) is 19.1 Å². The highest BCUT2D eigenvalue weighted by molar-refractivity contribution is 6.46. The van der Waals surface area contributed by atoms with Gasteiger partial charge in [-0.15, -0.1) is 0 Å². The zero-order valence-electron chi connectivity index (χ0n) is 21.3. The van der Waals surface area contributed by atoms with Gasteiger partial charge in [-0.25, -0.2) is 0 Å². The normalized spacial score (nSPS) is 16.8. The number of ether oxygens (including phenoxy) is 5. The van der Waals surface area contributed by atoms with Gasteiger partial charge in [-0.05, 0) is 42.7 Å². The van der Waals surface area contributed by atoms with E-state index in [4.69, 9.17) is 23.7 Å². The first kappa shape index (κ1) is 26.9. The summed E-state index contributed by atoms with van der Waals surface area (Å²) in [6, 6.07) is 9.28. The Hall–Kier alpha value is -3.72. The van der Waals surface area contributed by atoms with Crippen molar-refractivity contribution in [3.63, 3.8) is 0 Å². The number of nitrogens with zero attached hydrogens (tertiary/aromatic N) is 1. The van der Waals surface area contributed by atoms with E-state index in [9.17, 15) is 14.7 Å². The number of carbonyl (C=O) groups is 2. The molecule has 0 radical (unpaired) electrons. The number of carbonyl (C=O) groups excluding carboxylic acids is 2. The minimum Gasteiger partial charge on any atom is -0.507 e. The molecular weight excluding hydrogens is 466 g/mol. The van der Waals surface area contributed by atoms with Gasteiger partial charge in [0.25, 0.3) is 11.7 Å². The molecule has 1 aliphatic rings. The SMILES string of the molecule is CCCOc1cccc(/C(O)=C2\C(=O)C(=O)N(CCCOC)C2c2cc(OC)c(OC)c(OC)c2)c1. The van der Waals surface area contributed by atoms with Gasteiger partial charge in [-0.3, -0.25) is 9.59 Å². The Labute approximate surface area is 211 Å². The average Bonchev–Trinajstić information content (AvgIpc) is 3.15. The van der Waals surface area contributed by atoms with Crippen LogP contribution in [0.1, 0.15) is 36.9 Å². The van der Waals surface area contributed by atoms with Crippen LogP contribution in [0, 0.1) is 0 Å². The highest BCUT2D eigenvalue weighted by Crippen LogP contribution is 2.45. The van der Waals surface area contributed by atoms with Crippen molar-refractivity contribution in [1.82, 2.24) is 4.90 Å². The summed E-state index contributed by atoms with van der Waals surface area (Å²) in [5.41, 5.74) is 0.872. The van der Waals surface area contributed by atoms with E-state index in [0.717, 1.165) is 6.42 Å². The van der Waals surface area contributed by atoms with Crippen molar-refractivity contribution in [2.45, 2.75) is 25.8 Å². The molecule has 1 heterocycles. The fourth-order valence-corrected chi connectivity index (χ4v) is 4.20. The molecule has 1 N–H and O–H groups in total. The third kappa shape index (κ3) is 5.41. The van der Waals surface area contributed by atoms with Crippen molar-refractivity contribution >= 4 is 17.4 Å². The molecule has 1 amide bonds.